The molecule has 1 saturated heterocycles. The van der Waals surface area contributed by atoms with Gasteiger partial charge in [-0.15, -0.1) is 0 Å². The fourth-order valence-electron chi connectivity index (χ4n) is 4.28. The van der Waals surface area contributed by atoms with Crippen LogP contribution >= 0.6 is 0 Å². The monoisotopic (exact) mass is 432 g/mol. The highest BCUT2D eigenvalue weighted by Gasteiger charge is 2.32. The Morgan fingerprint density at radius 3 is 2.72 bits per heavy atom. The molecule has 7 nitrogen and oxygen atoms in total. The number of carbonyl (C=O) groups is 2. The summed E-state index contributed by atoms with van der Waals surface area (Å²) in [5.41, 5.74) is 6.84. The molecule has 2 amide bonds. The number of carbonyl (C=O) groups excluding carboxylic acids is 2. The number of hydrogen-bond acceptors (Lipinski definition) is 4. The molecule has 2 N–H and O–H groups in total. The zero-order valence-electron chi connectivity index (χ0n) is 18.6. The third-order valence-electron chi connectivity index (χ3n) is 6.04. The molecule has 1 aliphatic rings. The molecule has 0 radical (unpaired) electrons. The second-order valence-corrected chi connectivity index (χ2v) is 8.12. The first-order valence-corrected chi connectivity index (χ1v) is 10.8. The van der Waals surface area contributed by atoms with Crippen LogP contribution in [0.1, 0.15) is 35.8 Å². The minimum Gasteiger partial charge on any atom is -0.453 e. The van der Waals surface area contributed by atoms with E-state index in [0.29, 0.717) is 6.54 Å². The number of imidazole rings is 1. The summed E-state index contributed by atoms with van der Waals surface area (Å²) in [6.07, 6.45) is 2.94. The number of likely N-dealkylation sites (tertiary alicyclic amines) is 1. The number of ether oxygens (including phenoxy) is 1. The maximum atomic E-state index is 12.6. The molecule has 1 atom stereocenters. The number of hydrogen-bond donors (Lipinski definition) is 2. The van der Waals surface area contributed by atoms with Gasteiger partial charge in [0.25, 0.3) is 0 Å². The van der Waals surface area contributed by atoms with Crippen LogP contribution in [0.4, 0.5) is 4.79 Å². The van der Waals surface area contributed by atoms with Gasteiger partial charge in [-0.05, 0) is 55.0 Å². The van der Waals surface area contributed by atoms with E-state index in [1.165, 1.54) is 29.4 Å². The second-order valence-electron chi connectivity index (χ2n) is 8.12. The maximum Gasteiger partial charge on any atom is 0.407 e. The van der Waals surface area contributed by atoms with E-state index in [1.807, 2.05) is 6.20 Å². The Labute approximate surface area is 187 Å². The molecule has 4 rings (SSSR count). The van der Waals surface area contributed by atoms with Gasteiger partial charge in [0.15, 0.2) is 0 Å². The van der Waals surface area contributed by atoms with Crippen molar-refractivity contribution in [2.45, 2.75) is 32.7 Å². The molecule has 0 unspecified atom stereocenters. The van der Waals surface area contributed by atoms with Gasteiger partial charge in [-0.2, -0.15) is 0 Å². The molecule has 32 heavy (non-hydrogen) atoms. The highest BCUT2D eigenvalue weighted by Crippen LogP contribution is 2.33. The summed E-state index contributed by atoms with van der Waals surface area (Å²) in [6, 6.07) is 14.6. The van der Waals surface area contributed by atoms with Crippen molar-refractivity contribution in [1.29, 1.82) is 0 Å². The first kappa shape index (κ1) is 21.6. The Balaban J connectivity index is 1.56. The number of aromatic nitrogens is 2. The van der Waals surface area contributed by atoms with Crippen molar-refractivity contribution in [2.75, 3.05) is 20.2 Å². The Hall–Kier alpha value is -3.61. The standard InChI is InChI=1S/C25H28N4O3/c1-16-7-4-5-8-19(16)20-13-18(11-10-17(20)2)21-14-26-24(28-21)22-9-6-12-29(22)23(30)15-27-25(31)32-3/h4-5,7-8,10-11,13-14,22H,6,9,12,15H2,1-3H3,(H,26,28)(H,27,31)/t22-/m0/s1. The third-order valence-corrected chi connectivity index (χ3v) is 6.04. The van der Waals surface area contributed by atoms with Crippen LogP contribution in [0.15, 0.2) is 48.7 Å². The zero-order valence-corrected chi connectivity index (χ0v) is 18.6. The predicted molar refractivity (Wildman–Crippen MR) is 123 cm³/mol. The summed E-state index contributed by atoms with van der Waals surface area (Å²) in [6.45, 7) is 4.80. The largest absolute Gasteiger partial charge is 0.453 e. The first-order chi connectivity index (χ1) is 15.5. The summed E-state index contributed by atoms with van der Waals surface area (Å²) in [5, 5.41) is 2.46. The number of benzene rings is 2. The lowest BCUT2D eigenvalue weighted by Gasteiger charge is -2.23. The molecular formula is C25H28N4O3. The van der Waals surface area contributed by atoms with E-state index >= 15 is 0 Å². The van der Waals surface area contributed by atoms with Crippen molar-refractivity contribution in [2.24, 2.45) is 0 Å². The average molecular weight is 433 g/mol. The number of amides is 2. The lowest BCUT2D eigenvalue weighted by atomic mass is 9.94. The average Bonchev–Trinajstić information content (AvgIpc) is 3.48. The lowest BCUT2D eigenvalue weighted by Crippen LogP contribution is -2.40. The van der Waals surface area contributed by atoms with Crippen molar-refractivity contribution < 1.29 is 14.3 Å². The summed E-state index contributed by atoms with van der Waals surface area (Å²) in [5.74, 6) is 0.620. The summed E-state index contributed by atoms with van der Waals surface area (Å²) in [4.78, 5) is 33.7. The number of nitrogens with zero attached hydrogens (tertiary/aromatic N) is 2. The molecule has 166 valence electrons. The molecule has 1 aromatic heterocycles. The Morgan fingerprint density at radius 1 is 1.16 bits per heavy atom. The minimum absolute atomic E-state index is 0.0888. The predicted octanol–water partition coefficient (Wildman–Crippen LogP) is 4.38. The van der Waals surface area contributed by atoms with E-state index in [-0.39, 0.29) is 18.5 Å². The number of aromatic amines is 1. The normalized spacial score (nSPS) is 15.6. The van der Waals surface area contributed by atoms with Crippen LogP contribution in [0, 0.1) is 13.8 Å². The van der Waals surface area contributed by atoms with Crippen molar-refractivity contribution in [1.82, 2.24) is 20.2 Å². The smallest absolute Gasteiger partial charge is 0.407 e. The minimum atomic E-state index is -0.613. The van der Waals surface area contributed by atoms with Crippen molar-refractivity contribution >= 4 is 12.0 Å². The van der Waals surface area contributed by atoms with Crippen LogP contribution < -0.4 is 5.32 Å². The SMILES string of the molecule is COC(=O)NCC(=O)N1CCC[C@H]1c1ncc(-c2ccc(C)c(-c3ccccc3C)c2)[nH]1. The van der Waals surface area contributed by atoms with Crippen LogP contribution in [0.5, 0.6) is 0 Å². The van der Waals surface area contributed by atoms with Crippen LogP contribution in [-0.2, 0) is 9.53 Å². The molecule has 0 spiro atoms. The highest BCUT2D eigenvalue weighted by molar-refractivity contribution is 5.82. The van der Waals surface area contributed by atoms with Crippen molar-refractivity contribution in [3.63, 3.8) is 0 Å². The van der Waals surface area contributed by atoms with E-state index in [0.717, 1.165) is 29.9 Å². The van der Waals surface area contributed by atoms with E-state index in [4.69, 9.17) is 0 Å². The summed E-state index contributed by atoms with van der Waals surface area (Å²) < 4.78 is 4.55. The number of rotatable bonds is 5. The second kappa shape index (κ2) is 9.26. The fraction of sp³-hybridized carbons (Fsp3) is 0.320. The van der Waals surface area contributed by atoms with Gasteiger partial charge >= 0.3 is 6.09 Å². The van der Waals surface area contributed by atoms with Gasteiger partial charge in [0.1, 0.15) is 12.4 Å². The quantitative estimate of drug-likeness (QED) is 0.626. The topological polar surface area (TPSA) is 87.3 Å². The van der Waals surface area contributed by atoms with E-state index in [2.05, 4.69) is 76.3 Å². The zero-order chi connectivity index (χ0) is 22.7. The van der Waals surface area contributed by atoms with Crippen molar-refractivity contribution in [3.05, 3.63) is 65.6 Å². The molecule has 1 aliphatic heterocycles. The molecule has 2 heterocycles. The third kappa shape index (κ3) is 4.37. The van der Waals surface area contributed by atoms with Gasteiger partial charge in [-0.25, -0.2) is 9.78 Å². The van der Waals surface area contributed by atoms with Gasteiger partial charge in [0, 0.05) is 12.1 Å². The fourth-order valence-corrected chi connectivity index (χ4v) is 4.28. The highest BCUT2D eigenvalue weighted by atomic mass is 16.5. The van der Waals surface area contributed by atoms with Crippen LogP contribution in [-0.4, -0.2) is 47.1 Å². The molecule has 0 saturated carbocycles. The van der Waals surface area contributed by atoms with Gasteiger partial charge in [-0.1, -0.05) is 36.4 Å². The molecular weight excluding hydrogens is 404 g/mol. The van der Waals surface area contributed by atoms with Gasteiger partial charge in [0.05, 0.1) is 25.0 Å². The van der Waals surface area contributed by atoms with Gasteiger partial charge in [0.2, 0.25) is 5.91 Å². The van der Waals surface area contributed by atoms with Gasteiger partial charge in [-0.3, -0.25) is 4.79 Å². The molecule has 0 aliphatic carbocycles. The maximum absolute atomic E-state index is 12.6. The summed E-state index contributed by atoms with van der Waals surface area (Å²) >= 11 is 0. The Kier molecular flexibility index (Phi) is 6.25. The summed E-state index contributed by atoms with van der Waals surface area (Å²) in [7, 11) is 1.28. The van der Waals surface area contributed by atoms with Crippen LogP contribution in [0.25, 0.3) is 22.4 Å². The number of H-pyrrole nitrogens is 1. The molecule has 0 bridgehead atoms. The van der Waals surface area contributed by atoms with Crippen molar-refractivity contribution in [3.8, 4) is 22.4 Å². The molecule has 3 aromatic rings. The number of aryl methyl sites for hydroxylation is 2. The Morgan fingerprint density at radius 2 is 1.94 bits per heavy atom. The van der Waals surface area contributed by atoms with E-state index in [1.54, 1.807) is 4.90 Å². The van der Waals surface area contributed by atoms with Crippen LogP contribution in [0.3, 0.4) is 0 Å². The Bertz CT molecular complexity index is 1140. The lowest BCUT2D eigenvalue weighted by molar-refractivity contribution is -0.131. The number of methoxy groups -OCH3 is 1. The molecule has 7 heteroatoms. The number of alkyl carbamates (subject to hydrolysis) is 1. The van der Waals surface area contributed by atoms with Crippen LogP contribution in [0.2, 0.25) is 0 Å². The molecule has 1 fully saturated rings. The first-order valence-electron chi connectivity index (χ1n) is 10.8. The number of nitrogens with one attached hydrogen (secondary N) is 2. The molecule has 2 aromatic carbocycles. The van der Waals surface area contributed by atoms with Gasteiger partial charge < -0.3 is 19.9 Å². The van der Waals surface area contributed by atoms with E-state index in [9.17, 15) is 9.59 Å². The van der Waals surface area contributed by atoms with E-state index < -0.39 is 6.09 Å².